The number of rotatable bonds is 7. The lowest BCUT2D eigenvalue weighted by Crippen LogP contribution is -2.34. The zero-order valence-corrected chi connectivity index (χ0v) is 29.4. The average molecular weight is 689 g/mol. The molecule has 1 aliphatic heterocycles. The predicted molar refractivity (Wildman–Crippen MR) is 219 cm³/mol. The number of furan rings is 1. The van der Waals surface area contributed by atoms with Crippen LogP contribution in [0.1, 0.15) is 17.9 Å². The second-order valence-electron chi connectivity index (χ2n) is 13.6. The van der Waals surface area contributed by atoms with Crippen molar-refractivity contribution in [3.8, 4) is 11.1 Å². The highest BCUT2D eigenvalue weighted by molar-refractivity contribution is 8.00. The molecule has 0 N–H and O–H groups in total. The molecular formula is C48H36N2OS. The Kier molecular flexibility index (Phi) is 7.69. The minimum Gasteiger partial charge on any atom is -0.456 e. The van der Waals surface area contributed by atoms with E-state index in [0.717, 1.165) is 39.7 Å². The summed E-state index contributed by atoms with van der Waals surface area (Å²) in [5.74, 6) is 0.234. The summed E-state index contributed by atoms with van der Waals surface area (Å²) in [6.07, 6.45) is 17.2. The molecule has 0 fully saturated rings. The van der Waals surface area contributed by atoms with Crippen molar-refractivity contribution < 1.29 is 4.42 Å². The summed E-state index contributed by atoms with van der Waals surface area (Å²) in [4.78, 5) is 6.29. The van der Waals surface area contributed by atoms with Gasteiger partial charge >= 0.3 is 0 Å². The van der Waals surface area contributed by atoms with Gasteiger partial charge in [-0.1, -0.05) is 115 Å². The third-order valence-electron chi connectivity index (χ3n) is 10.5. The Hall–Kier alpha value is -5.97. The van der Waals surface area contributed by atoms with Gasteiger partial charge in [0.1, 0.15) is 11.2 Å². The van der Waals surface area contributed by atoms with Gasteiger partial charge in [-0.25, -0.2) is 0 Å². The van der Waals surface area contributed by atoms with Crippen LogP contribution in [0.25, 0.3) is 33.1 Å². The Bertz CT molecular complexity index is 2560. The number of anilines is 4. The van der Waals surface area contributed by atoms with E-state index in [4.69, 9.17) is 4.42 Å². The van der Waals surface area contributed by atoms with E-state index < -0.39 is 0 Å². The van der Waals surface area contributed by atoms with Crippen LogP contribution in [0.2, 0.25) is 0 Å². The monoisotopic (exact) mass is 688 g/mol. The van der Waals surface area contributed by atoms with Gasteiger partial charge in [0.15, 0.2) is 0 Å². The lowest BCUT2D eigenvalue weighted by Gasteiger charge is -2.36. The van der Waals surface area contributed by atoms with Gasteiger partial charge in [-0.05, 0) is 95.9 Å². The van der Waals surface area contributed by atoms with E-state index in [0.29, 0.717) is 0 Å². The lowest BCUT2D eigenvalue weighted by atomic mass is 9.89. The molecule has 0 saturated carbocycles. The summed E-state index contributed by atoms with van der Waals surface area (Å²) in [5, 5.41) is 2.53. The molecule has 1 aromatic heterocycles. The van der Waals surface area contributed by atoms with Gasteiger partial charge in [0.25, 0.3) is 0 Å². The standard InChI is InChI=1S/C48H36N2OS/c1-4-14-33(15-5-1)34-16-12-21-37(30-34)50(38-27-29-45-42(31-38)40-22-10-11-24-44(40)51-45)43-23-13-25-46-48(43)41-28-26-39(32-47(41)52-46)49(35-17-6-2-7-18-35)36-19-8-3-9-20-36/h1-19,21-32,36,41,47H,20H2. The van der Waals surface area contributed by atoms with E-state index in [2.05, 4.69) is 192 Å². The zero-order valence-electron chi connectivity index (χ0n) is 28.5. The van der Waals surface area contributed by atoms with Crippen molar-refractivity contribution in [2.75, 3.05) is 9.80 Å². The van der Waals surface area contributed by atoms with E-state index >= 15 is 0 Å². The van der Waals surface area contributed by atoms with Gasteiger partial charge in [-0.15, -0.1) is 11.8 Å². The van der Waals surface area contributed by atoms with Crippen LogP contribution in [-0.2, 0) is 0 Å². The van der Waals surface area contributed by atoms with Crippen LogP contribution in [0.5, 0.6) is 0 Å². The van der Waals surface area contributed by atoms with Gasteiger partial charge in [0.05, 0.1) is 11.7 Å². The summed E-state index contributed by atoms with van der Waals surface area (Å²) in [5.41, 5.74) is 11.5. The number of thioether (sulfide) groups is 1. The maximum Gasteiger partial charge on any atom is 0.135 e. The van der Waals surface area contributed by atoms with Crippen LogP contribution >= 0.6 is 11.8 Å². The van der Waals surface area contributed by atoms with Gasteiger partial charge in [-0.2, -0.15) is 0 Å². The highest BCUT2D eigenvalue weighted by atomic mass is 32.2. The largest absolute Gasteiger partial charge is 0.456 e. The number of nitrogens with zero attached hydrogens (tertiary/aromatic N) is 2. The average Bonchev–Trinajstić information content (AvgIpc) is 3.78. The molecule has 6 aromatic carbocycles. The van der Waals surface area contributed by atoms with Crippen LogP contribution in [0, 0.1) is 0 Å². The first-order valence-corrected chi connectivity index (χ1v) is 18.9. The van der Waals surface area contributed by atoms with Crippen molar-refractivity contribution >= 4 is 56.4 Å². The van der Waals surface area contributed by atoms with Gasteiger partial charge in [0.2, 0.25) is 0 Å². The van der Waals surface area contributed by atoms with Gasteiger partial charge in [0, 0.05) is 49.6 Å². The zero-order chi connectivity index (χ0) is 34.4. The molecule has 0 bridgehead atoms. The van der Waals surface area contributed by atoms with E-state index in [1.165, 1.54) is 38.7 Å². The fraction of sp³-hybridized carbons (Fsp3) is 0.0833. The fourth-order valence-electron chi connectivity index (χ4n) is 8.09. The van der Waals surface area contributed by atoms with E-state index in [9.17, 15) is 0 Å². The quantitative estimate of drug-likeness (QED) is 0.166. The van der Waals surface area contributed by atoms with Crippen molar-refractivity contribution in [3.05, 3.63) is 199 Å². The molecule has 2 heterocycles. The molecule has 3 aliphatic rings. The van der Waals surface area contributed by atoms with Crippen LogP contribution < -0.4 is 9.80 Å². The minimum atomic E-state index is 0.234. The first kappa shape index (κ1) is 30.8. The fourth-order valence-corrected chi connectivity index (χ4v) is 9.49. The van der Waals surface area contributed by atoms with Gasteiger partial charge < -0.3 is 14.2 Å². The van der Waals surface area contributed by atoms with Crippen LogP contribution in [0.4, 0.5) is 22.7 Å². The molecule has 3 atom stereocenters. The van der Waals surface area contributed by atoms with Crippen molar-refractivity contribution in [1.29, 1.82) is 0 Å². The summed E-state index contributed by atoms with van der Waals surface area (Å²) in [6, 6.07) is 52.5. The lowest BCUT2D eigenvalue weighted by molar-refractivity contribution is 0.669. The Morgan fingerprint density at radius 2 is 1.35 bits per heavy atom. The predicted octanol–water partition coefficient (Wildman–Crippen LogP) is 13.1. The number of benzene rings is 6. The molecule has 7 aromatic rings. The molecule has 250 valence electrons. The van der Waals surface area contributed by atoms with E-state index in [1.54, 1.807) is 0 Å². The topological polar surface area (TPSA) is 19.6 Å². The number of para-hydroxylation sites is 2. The Labute approximate surface area is 308 Å². The van der Waals surface area contributed by atoms with Crippen LogP contribution in [-0.4, -0.2) is 11.3 Å². The molecule has 2 aliphatic carbocycles. The maximum atomic E-state index is 6.28. The summed E-state index contributed by atoms with van der Waals surface area (Å²) in [7, 11) is 0. The van der Waals surface area contributed by atoms with Crippen molar-refractivity contribution in [3.63, 3.8) is 0 Å². The molecule has 3 unspecified atom stereocenters. The molecule has 0 saturated heterocycles. The number of hydrogen-bond acceptors (Lipinski definition) is 4. The van der Waals surface area contributed by atoms with E-state index in [1.807, 2.05) is 17.8 Å². The summed E-state index contributed by atoms with van der Waals surface area (Å²) < 4.78 is 6.28. The molecule has 0 radical (unpaired) electrons. The first-order chi connectivity index (χ1) is 25.8. The summed E-state index contributed by atoms with van der Waals surface area (Å²) in [6.45, 7) is 0. The third kappa shape index (κ3) is 5.39. The molecule has 0 amide bonds. The third-order valence-corrected chi connectivity index (χ3v) is 11.8. The second kappa shape index (κ2) is 13.0. The van der Waals surface area contributed by atoms with E-state index in [-0.39, 0.29) is 17.2 Å². The van der Waals surface area contributed by atoms with Gasteiger partial charge in [-0.3, -0.25) is 0 Å². The van der Waals surface area contributed by atoms with Crippen LogP contribution in [0.15, 0.2) is 203 Å². The van der Waals surface area contributed by atoms with Crippen molar-refractivity contribution in [2.24, 2.45) is 0 Å². The number of allylic oxidation sites excluding steroid dienone is 4. The molecule has 3 nitrogen and oxygen atoms in total. The minimum absolute atomic E-state index is 0.234. The second-order valence-corrected chi connectivity index (χ2v) is 14.8. The van der Waals surface area contributed by atoms with Crippen LogP contribution in [0.3, 0.4) is 0 Å². The molecule has 10 rings (SSSR count). The Balaban J connectivity index is 1.10. The molecular weight excluding hydrogens is 653 g/mol. The van der Waals surface area contributed by atoms with Crippen molar-refractivity contribution in [2.45, 2.75) is 28.5 Å². The first-order valence-electron chi connectivity index (χ1n) is 18.0. The molecule has 4 heteroatoms. The molecule has 0 spiro atoms. The molecule has 52 heavy (non-hydrogen) atoms. The number of hydrogen-bond donors (Lipinski definition) is 0. The SMILES string of the molecule is C1=CCC(N(C2=CC3Sc4cccc(N(c5cccc(-c6ccccc6)c5)c5ccc6oc7ccccc7c6c5)c4C3C=C2)c2ccccc2)C=C1. The smallest absolute Gasteiger partial charge is 0.135 e. The Morgan fingerprint density at radius 1 is 0.596 bits per heavy atom. The highest BCUT2D eigenvalue weighted by Crippen LogP contribution is 2.55. The highest BCUT2D eigenvalue weighted by Gasteiger charge is 2.37. The van der Waals surface area contributed by atoms with Crippen molar-refractivity contribution in [1.82, 2.24) is 0 Å². The summed E-state index contributed by atoms with van der Waals surface area (Å²) >= 11 is 1.98. The Morgan fingerprint density at radius 3 is 2.21 bits per heavy atom. The normalized spacial score (nSPS) is 18.7. The number of fused-ring (bicyclic) bond motifs is 6. The maximum absolute atomic E-state index is 6.28.